The number of hydrogen-bond acceptors (Lipinski definition) is 4. The van der Waals surface area contributed by atoms with Gasteiger partial charge in [-0.05, 0) is 44.4 Å². The molecule has 1 aliphatic carbocycles. The maximum absolute atomic E-state index is 13.5. The van der Waals surface area contributed by atoms with Crippen LogP contribution in [0.1, 0.15) is 49.4 Å². The topological polar surface area (TPSA) is 53.1 Å². The van der Waals surface area contributed by atoms with Crippen LogP contribution in [0, 0.1) is 0 Å². The van der Waals surface area contributed by atoms with E-state index in [9.17, 15) is 9.59 Å². The molecule has 4 rings (SSSR count). The van der Waals surface area contributed by atoms with E-state index in [1.54, 1.807) is 4.90 Å². The predicted molar refractivity (Wildman–Crippen MR) is 107 cm³/mol. The molecule has 3 aliphatic rings. The maximum Gasteiger partial charge on any atom is 0.256 e. The van der Waals surface area contributed by atoms with Crippen molar-refractivity contribution in [2.75, 3.05) is 39.3 Å². The quantitative estimate of drug-likeness (QED) is 0.802. The molecule has 6 heteroatoms. The summed E-state index contributed by atoms with van der Waals surface area (Å²) in [5, 5.41) is 0. The largest absolute Gasteiger partial charge is 0.353 e. The fraction of sp³-hybridized carbons (Fsp3) is 0.636. The monoisotopic (exact) mass is 385 g/mol. The number of amides is 2. The van der Waals surface area contributed by atoms with Crippen LogP contribution in [0.5, 0.6) is 0 Å². The Hall–Kier alpha value is -1.92. The Morgan fingerprint density at radius 2 is 1.71 bits per heavy atom. The molecule has 2 amide bonds. The molecule has 3 fully saturated rings. The SMILES string of the molecule is CCN1CCN(C(=O)C2COC3(CCCCC3)N2C(=O)c2ccccc2)CC1. The maximum atomic E-state index is 13.5. The number of piperazine rings is 1. The summed E-state index contributed by atoms with van der Waals surface area (Å²) in [6.07, 6.45) is 4.87. The van der Waals surface area contributed by atoms with Crippen LogP contribution < -0.4 is 0 Å². The van der Waals surface area contributed by atoms with Crippen LogP contribution in [0.25, 0.3) is 0 Å². The highest BCUT2D eigenvalue weighted by Gasteiger charge is 2.53. The second-order valence-corrected chi connectivity index (χ2v) is 8.13. The lowest BCUT2D eigenvalue weighted by Crippen LogP contribution is -2.59. The Bertz CT molecular complexity index is 694. The Kier molecular flexibility index (Phi) is 5.69. The van der Waals surface area contributed by atoms with E-state index < -0.39 is 11.8 Å². The number of ether oxygens (including phenoxy) is 1. The van der Waals surface area contributed by atoms with Gasteiger partial charge in [0.25, 0.3) is 5.91 Å². The molecule has 1 unspecified atom stereocenters. The predicted octanol–water partition coefficient (Wildman–Crippen LogP) is 2.35. The van der Waals surface area contributed by atoms with Crippen molar-refractivity contribution in [2.24, 2.45) is 0 Å². The fourth-order valence-corrected chi connectivity index (χ4v) is 4.87. The molecule has 1 atom stereocenters. The number of carbonyl (C=O) groups is 2. The van der Waals surface area contributed by atoms with Crippen molar-refractivity contribution in [3.8, 4) is 0 Å². The standard InChI is InChI=1S/C22H31N3O3/c1-2-23-13-15-24(16-14-23)21(27)19-17-28-22(11-7-4-8-12-22)25(19)20(26)18-9-5-3-6-10-18/h3,5-6,9-10,19H,2,4,7-8,11-17H2,1H3. The highest BCUT2D eigenvalue weighted by molar-refractivity contribution is 5.98. The average molecular weight is 386 g/mol. The number of nitrogens with zero attached hydrogens (tertiary/aromatic N) is 3. The van der Waals surface area contributed by atoms with Gasteiger partial charge in [0, 0.05) is 31.7 Å². The molecule has 0 radical (unpaired) electrons. The van der Waals surface area contributed by atoms with Crippen LogP contribution in [0.4, 0.5) is 0 Å². The van der Waals surface area contributed by atoms with Gasteiger partial charge < -0.3 is 14.5 Å². The van der Waals surface area contributed by atoms with Gasteiger partial charge in [-0.2, -0.15) is 0 Å². The Balaban J connectivity index is 1.58. The fourth-order valence-electron chi connectivity index (χ4n) is 4.87. The zero-order chi connectivity index (χ0) is 19.6. The van der Waals surface area contributed by atoms with Crippen LogP contribution in [0.3, 0.4) is 0 Å². The molecule has 1 aromatic carbocycles. The molecular weight excluding hydrogens is 354 g/mol. The molecule has 1 saturated carbocycles. The Labute approximate surface area is 167 Å². The van der Waals surface area contributed by atoms with Crippen molar-refractivity contribution >= 4 is 11.8 Å². The number of hydrogen-bond donors (Lipinski definition) is 0. The summed E-state index contributed by atoms with van der Waals surface area (Å²) < 4.78 is 6.25. The van der Waals surface area contributed by atoms with Gasteiger partial charge in [0.1, 0.15) is 11.8 Å². The number of carbonyl (C=O) groups excluding carboxylic acids is 2. The van der Waals surface area contributed by atoms with Crippen LogP contribution in [-0.4, -0.2) is 77.6 Å². The Morgan fingerprint density at radius 1 is 1.04 bits per heavy atom. The first-order valence-electron chi connectivity index (χ1n) is 10.7. The summed E-state index contributed by atoms with van der Waals surface area (Å²) in [6.45, 7) is 6.71. The van der Waals surface area contributed by atoms with Crippen LogP contribution >= 0.6 is 0 Å². The smallest absolute Gasteiger partial charge is 0.256 e. The van der Waals surface area contributed by atoms with E-state index in [4.69, 9.17) is 4.74 Å². The van der Waals surface area contributed by atoms with E-state index in [-0.39, 0.29) is 11.8 Å². The third-order valence-electron chi connectivity index (χ3n) is 6.55. The number of likely N-dealkylation sites (N-methyl/N-ethyl adjacent to an activating group) is 1. The normalized spacial score (nSPS) is 25.2. The summed E-state index contributed by atoms with van der Waals surface area (Å²) in [6, 6.07) is 8.80. The van der Waals surface area contributed by atoms with E-state index in [1.165, 1.54) is 0 Å². The third kappa shape index (κ3) is 3.55. The second-order valence-electron chi connectivity index (χ2n) is 8.13. The second kappa shape index (κ2) is 8.21. The molecule has 0 bridgehead atoms. The van der Waals surface area contributed by atoms with Crippen molar-refractivity contribution in [1.82, 2.24) is 14.7 Å². The first-order valence-corrected chi connectivity index (χ1v) is 10.7. The van der Waals surface area contributed by atoms with Gasteiger partial charge in [-0.3, -0.25) is 14.5 Å². The third-order valence-corrected chi connectivity index (χ3v) is 6.55. The van der Waals surface area contributed by atoms with Gasteiger partial charge in [-0.1, -0.05) is 31.5 Å². The lowest BCUT2D eigenvalue weighted by molar-refractivity contribution is -0.139. The highest BCUT2D eigenvalue weighted by atomic mass is 16.5. The molecule has 1 aromatic rings. The summed E-state index contributed by atoms with van der Waals surface area (Å²) in [7, 11) is 0. The van der Waals surface area contributed by atoms with Crippen molar-refractivity contribution in [3.63, 3.8) is 0 Å². The molecule has 2 saturated heterocycles. The summed E-state index contributed by atoms with van der Waals surface area (Å²) in [5.41, 5.74) is 0.0167. The summed E-state index contributed by atoms with van der Waals surface area (Å²) in [4.78, 5) is 33.0. The van der Waals surface area contributed by atoms with Crippen molar-refractivity contribution < 1.29 is 14.3 Å². The molecule has 28 heavy (non-hydrogen) atoms. The van der Waals surface area contributed by atoms with Crippen molar-refractivity contribution in [2.45, 2.75) is 50.8 Å². The molecule has 2 aliphatic heterocycles. The van der Waals surface area contributed by atoms with Crippen molar-refractivity contribution in [3.05, 3.63) is 35.9 Å². The number of benzene rings is 1. The highest BCUT2D eigenvalue weighted by Crippen LogP contribution is 2.41. The minimum absolute atomic E-state index is 0.0440. The minimum Gasteiger partial charge on any atom is -0.353 e. The van der Waals surface area contributed by atoms with Gasteiger partial charge in [-0.25, -0.2) is 0 Å². The lowest BCUT2D eigenvalue weighted by atomic mass is 9.89. The van der Waals surface area contributed by atoms with Gasteiger partial charge in [0.05, 0.1) is 6.61 Å². The minimum atomic E-state index is -0.614. The zero-order valence-corrected chi connectivity index (χ0v) is 16.8. The van der Waals surface area contributed by atoms with E-state index in [1.807, 2.05) is 35.2 Å². The molecule has 6 nitrogen and oxygen atoms in total. The molecule has 0 aromatic heterocycles. The van der Waals surface area contributed by atoms with Gasteiger partial charge in [0.2, 0.25) is 5.91 Å². The molecule has 152 valence electrons. The van der Waals surface area contributed by atoms with Crippen LogP contribution in [0.2, 0.25) is 0 Å². The average Bonchev–Trinajstić information content (AvgIpc) is 3.12. The van der Waals surface area contributed by atoms with Gasteiger partial charge in [-0.15, -0.1) is 0 Å². The molecule has 1 spiro atoms. The molecule has 0 N–H and O–H groups in total. The van der Waals surface area contributed by atoms with Crippen LogP contribution in [0.15, 0.2) is 30.3 Å². The molecule has 2 heterocycles. The first-order chi connectivity index (χ1) is 13.6. The van der Waals surface area contributed by atoms with Crippen molar-refractivity contribution in [1.29, 1.82) is 0 Å². The van der Waals surface area contributed by atoms with E-state index in [0.29, 0.717) is 12.2 Å². The van der Waals surface area contributed by atoms with E-state index in [2.05, 4.69) is 11.8 Å². The molecular formula is C22H31N3O3. The van der Waals surface area contributed by atoms with Gasteiger partial charge >= 0.3 is 0 Å². The first kappa shape index (κ1) is 19.4. The summed E-state index contributed by atoms with van der Waals surface area (Å²) >= 11 is 0. The lowest BCUT2D eigenvalue weighted by Gasteiger charge is -2.43. The zero-order valence-electron chi connectivity index (χ0n) is 16.8. The van der Waals surface area contributed by atoms with Crippen LogP contribution in [-0.2, 0) is 9.53 Å². The Morgan fingerprint density at radius 3 is 2.36 bits per heavy atom. The summed E-state index contributed by atoms with van der Waals surface area (Å²) in [5.74, 6) is -0.0342. The van der Waals surface area contributed by atoms with Gasteiger partial charge in [0.15, 0.2) is 0 Å². The number of rotatable bonds is 3. The van der Waals surface area contributed by atoms with E-state index in [0.717, 1.165) is 64.8 Å². The van der Waals surface area contributed by atoms with E-state index >= 15 is 0 Å².